The van der Waals surface area contributed by atoms with Gasteiger partial charge in [-0.15, -0.1) is 0 Å². The fourth-order valence-electron chi connectivity index (χ4n) is 4.37. The lowest BCUT2D eigenvalue weighted by atomic mass is 9.89. The van der Waals surface area contributed by atoms with E-state index in [1.54, 1.807) is 42.6 Å². The number of carbonyl (C=O) groups excluding carboxylic acids is 1. The largest absolute Gasteiger partial charge is 0.496 e. The molecule has 0 atom stereocenters. The number of methoxy groups -OCH3 is 1. The van der Waals surface area contributed by atoms with E-state index < -0.39 is 10.0 Å². The molecule has 6 nitrogen and oxygen atoms in total. The molecule has 1 fully saturated rings. The smallest absolute Gasteiger partial charge is 0.264 e. The number of fused-ring (bicyclic) bond motifs is 1. The summed E-state index contributed by atoms with van der Waals surface area (Å²) in [7, 11) is -2.07. The van der Waals surface area contributed by atoms with Crippen molar-refractivity contribution in [1.29, 1.82) is 0 Å². The van der Waals surface area contributed by atoms with Crippen molar-refractivity contribution in [3.63, 3.8) is 0 Å². The molecule has 0 radical (unpaired) electrons. The summed E-state index contributed by atoms with van der Waals surface area (Å²) in [6.45, 7) is 2.74. The molecule has 0 spiro atoms. The molecule has 2 aliphatic heterocycles. The van der Waals surface area contributed by atoms with E-state index in [4.69, 9.17) is 4.74 Å². The van der Waals surface area contributed by atoms with Crippen LogP contribution in [0.4, 0.5) is 4.39 Å². The van der Waals surface area contributed by atoms with Gasteiger partial charge in [0, 0.05) is 29.8 Å². The average molecular weight is 459 g/mol. The van der Waals surface area contributed by atoms with Crippen molar-refractivity contribution in [2.24, 2.45) is 5.92 Å². The molecule has 0 aliphatic carbocycles. The highest BCUT2D eigenvalue weighted by Crippen LogP contribution is 2.33. The van der Waals surface area contributed by atoms with Gasteiger partial charge in [0.15, 0.2) is 5.78 Å². The minimum Gasteiger partial charge on any atom is -0.496 e. The highest BCUT2D eigenvalue weighted by Gasteiger charge is 2.30. The molecule has 2 aromatic carbocycles. The summed E-state index contributed by atoms with van der Waals surface area (Å²) in [5.41, 5.74) is 1.14. The number of hydrogen-bond acceptors (Lipinski definition) is 5. The van der Waals surface area contributed by atoms with Gasteiger partial charge in [0.1, 0.15) is 11.6 Å². The Bertz CT molecular complexity index is 1110. The van der Waals surface area contributed by atoms with Gasteiger partial charge in [-0.25, -0.2) is 12.8 Å². The molecule has 0 amide bonds. The van der Waals surface area contributed by atoms with Crippen molar-refractivity contribution in [2.75, 3.05) is 33.3 Å². The fraction of sp³-hybridized carbons (Fsp3) is 0.375. The summed E-state index contributed by atoms with van der Waals surface area (Å²) >= 11 is 0. The third-order valence-electron chi connectivity index (χ3n) is 6.18. The van der Waals surface area contributed by atoms with Crippen LogP contribution in [-0.2, 0) is 10.0 Å². The first kappa shape index (κ1) is 22.5. The van der Waals surface area contributed by atoms with E-state index in [1.807, 2.05) is 0 Å². The van der Waals surface area contributed by atoms with E-state index in [-0.39, 0.29) is 22.4 Å². The van der Waals surface area contributed by atoms with E-state index in [2.05, 4.69) is 4.90 Å². The van der Waals surface area contributed by atoms with Gasteiger partial charge >= 0.3 is 0 Å². The minimum atomic E-state index is -3.60. The van der Waals surface area contributed by atoms with Gasteiger partial charge < -0.3 is 9.64 Å². The molecular formula is C24H27FN2O4S. The number of rotatable bonds is 7. The highest BCUT2D eigenvalue weighted by molar-refractivity contribution is 7.89. The van der Waals surface area contributed by atoms with Crippen LogP contribution >= 0.6 is 0 Å². The Morgan fingerprint density at radius 3 is 2.50 bits per heavy atom. The Hall–Kier alpha value is -2.71. The third-order valence-corrected chi connectivity index (χ3v) is 8.01. The van der Waals surface area contributed by atoms with Crippen LogP contribution in [-0.4, -0.2) is 56.7 Å². The summed E-state index contributed by atoms with van der Waals surface area (Å²) in [5, 5.41) is 0. The molecule has 0 aromatic heterocycles. The summed E-state index contributed by atoms with van der Waals surface area (Å²) in [4.78, 5) is 15.2. The second-order valence-electron chi connectivity index (χ2n) is 8.14. The number of sulfonamides is 1. The number of nitrogens with zero attached hydrogens (tertiary/aromatic N) is 2. The van der Waals surface area contributed by atoms with Gasteiger partial charge in [-0.1, -0.05) is 6.07 Å². The second kappa shape index (κ2) is 9.42. The third kappa shape index (κ3) is 4.56. The number of ether oxygens (including phenoxy) is 1. The van der Waals surface area contributed by atoms with Crippen molar-refractivity contribution in [3.05, 3.63) is 65.6 Å². The van der Waals surface area contributed by atoms with Crippen LogP contribution in [0.3, 0.4) is 0 Å². The summed E-state index contributed by atoms with van der Waals surface area (Å²) < 4.78 is 45.7. The molecule has 0 bridgehead atoms. The van der Waals surface area contributed by atoms with E-state index in [0.29, 0.717) is 29.8 Å². The van der Waals surface area contributed by atoms with Gasteiger partial charge in [-0.2, -0.15) is 0 Å². The number of likely N-dealkylation sites (tertiary alicyclic amines) is 1. The Morgan fingerprint density at radius 1 is 1.09 bits per heavy atom. The molecule has 0 N–H and O–H groups in total. The first-order chi connectivity index (χ1) is 15.4. The number of benzene rings is 2. The van der Waals surface area contributed by atoms with Crippen molar-refractivity contribution in [3.8, 4) is 5.75 Å². The fourth-order valence-corrected chi connectivity index (χ4v) is 5.91. The Kier molecular flexibility index (Phi) is 6.62. The quantitative estimate of drug-likeness (QED) is 0.591. The zero-order chi connectivity index (χ0) is 22.7. The number of halogens is 1. The average Bonchev–Trinajstić information content (AvgIpc) is 2.80. The molecule has 4 rings (SSSR count). The van der Waals surface area contributed by atoms with Gasteiger partial charge in [0.05, 0.1) is 12.0 Å². The molecule has 0 saturated carbocycles. The lowest BCUT2D eigenvalue weighted by Crippen LogP contribution is -2.38. The number of carbonyl (C=O) groups is 1. The molecular weight excluding hydrogens is 431 g/mol. The van der Waals surface area contributed by atoms with Gasteiger partial charge in [0.25, 0.3) is 10.0 Å². The Balaban J connectivity index is 1.28. The molecule has 2 aromatic rings. The molecule has 32 heavy (non-hydrogen) atoms. The van der Waals surface area contributed by atoms with Gasteiger partial charge in [-0.3, -0.25) is 9.10 Å². The van der Waals surface area contributed by atoms with E-state index in [1.165, 1.54) is 23.5 Å². The van der Waals surface area contributed by atoms with Gasteiger partial charge in [-0.05, 0) is 81.4 Å². The predicted octanol–water partition coefficient (Wildman–Crippen LogP) is 3.79. The van der Waals surface area contributed by atoms with Crippen molar-refractivity contribution in [1.82, 2.24) is 9.21 Å². The van der Waals surface area contributed by atoms with Crippen LogP contribution in [0, 0.1) is 11.7 Å². The zero-order valence-corrected chi connectivity index (χ0v) is 18.9. The lowest BCUT2D eigenvalue weighted by Gasteiger charge is -2.32. The zero-order valence-electron chi connectivity index (χ0n) is 18.0. The van der Waals surface area contributed by atoms with Crippen LogP contribution in [0.5, 0.6) is 5.75 Å². The number of ketones is 1. The standard InChI is InChI=1S/C24H27FN2O4S/c1-31-22-4-2-5-23-21(22)12-17-27(32(23,29)30)14-3-13-26-15-10-19(11-16-26)24(28)18-6-8-20(25)9-7-18/h2,4-9,12,17,19H,3,10-11,13-16H2,1H3. The highest BCUT2D eigenvalue weighted by atomic mass is 32.2. The molecule has 2 heterocycles. The van der Waals surface area contributed by atoms with Crippen LogP contribution < -0.4 is 4.74 Å². The summed E-state index contributed by atoms with van der Waals surface area (Å²) in [6.07, 6.45) is 5.59. The van der Waals surface area contributed by atoms with Crippen LogP contribution in [0.1, 0.15) is 35.2 Å². The van der Waals surface area contributed by atoms with Crippen LogP contribution in [0.25, 0.3) is 6.08 Å². The van der Waals surface area contributed by atoms with Gasteiger partial charge in [0.2, 0.25) is 0 Å². The lowest BCUT2D eigenvalue weighted by molar-refractivity contribution is 0.0838. The number of hydrogen-bond donors (Lipinski definition) is 0. The monoisotopic (exact) mass is 458 g/mol. The molecule has 2 aliphatic rings. The van der Waals surface area contributed by atoms with Crippen LogP contribution in [0.15, 0.2) is 53.6 Å². The predicted molar refractivity (Wildman–Crippen MR) is 120 cm³/mol. The van der Waals surface area contributed by atoms with Crippen LogP contribution in [0.2, 0.25) is 0 Å². The Morgan fingerprint density at radius 2 is 1.81 bits per heavy atom. The topological polar surface area (TPSA) is 66.9 Å². The molecule has 0 unspecified atom stereocenters. The molecule has 170 valence electrons. The maximum Gasteiger partial charge on any atom is 0.264 e. The maximum atomic E-state index is 13.1. The number of Topliss-reactive ketones (excluding diaryl/α,β-unsaturated/α-hetero) is 1. The maximum absolute atomic E-state index is 13.1. The number of piperidine rings is 1. The Labute approximate surface area is 188 Å². The molecule has 1 saturated heterocycles. The first-order valence-electron chi connectivity index (χ1n) is 10.8. The first-order valence-corrected chi connectivity index (χ1v) is 12.2. The molecule has 8 heteroatoms. The van der Waals surface area contributed by atoms with E-state index in [0.717, 1.165) is 32.5 Å². The summed E-state index contributed by atoms with van der Waals surface area (Å²) in [6, 6.07) is 10.8. The van der Waals surface area contributed by atoms with E-state index in [9.17, 15) is 17.6 Å². The minimum absolute atomic E-state index is 0.0476. The van der Waals surface area contributed by atoms with Crippen molar-refractivity contribution < 1.29 is 22.3 Å². The van der Waals surface area contributed by atoms with E-state index >= 15 is 0 Å². The van der Waals surface area contributed by atoms with Crippen molar-refractivity contribution >= 4 is 21.9 Å². The summed E-state index contributed by atoms with van der Waals surface area (Å²) in [5.74, 6) is 0.224. The normalized spacial score (nSPS) is 18.4. The second-order valence-corrected chi connectivity index (χ2v) is 10.0. The van der Waals surface area contributed by atoms with Crippen molar-refractivity contribution in [2.45, 2.75) is 24.2 Å². The SMILES string of the molecule is COc1cccc2c1C=CN(CCCN1CCC(C(=O)c3ccc(F)cc3)CC1)S2(=O)=O.